The molecule has 0 atom stereocenters. The predicted octanol–water partition coefficient (Wildman–Crippen LogP) is 4.42. The second kappa shape index (κ2) is 8.71. The smallest absolute Gasteiger partial charge is 0.306 e. The number of carbonyl (C=O) groups excluding carboxylic acids is 2. The molecule has 24 heavy (non-hydrogen) atoms. The van der Waals surface area contributed by atoms with Crippen LogP contribution in [-0.2, 0) is 20.7 Å². The normalized spacial score (nSPS) is 10.3. The molecule has 2 aromatic rings. The Labute approximate surface area is 150 Å². The molecule has 2 rings (SSSR count). The van der Waals surface area contributed by atoms with Crippen molar-refractivity contribution >= 4 is 40.8 Å². The SMILES string of the molecule is Cc1ccc(Cl)c(NC(=O)COC(=O)CCc2ccccc2)c1Cl. The van der Waals surface area contributed by atoms with Crippen molar-refractivity contribution in [2.75, 3.05) is 11.9 Å². The fraction of sp³-hybridized carbons (Fsp3) is 0.222. The molecule has 4 nitrogen and oxygen atoms in total. The maximum Gasteiger partial charge on any atom is 0.306 e. The Morgan fingerprint density at radius 3 is 2.50 bits per heavy atom. The molecule has 0 heterocycles. The quantitative estimate of drug-likeness (QED) is 0.771. The van der Waals surface area contributed by atoms with Gasteiger partial charge >= 0.3 is 5.97 Å². The minimum Gasteiger partial charge on any atom is -0.456 e. The number of esters is 1. The molecule has 0 aliphatic carbocycles. The van der Waals surface area contributed by atoms with E-state index in [-0.39, 0.29) is 13.0 Å². The molecular weight excluding hydrogens is 349 g/mol. The van der Waals surface area contributed by atoms with Gasteiger partial charge in [0, 0.05) is 6.42 Å². The second-order valence-electron chi connectivity index (χ2n) is 5.25. The standard InChI is InChI=1S/C18H17Cl2NO3/c1-12-7-9-14(19)18(17(12)20)21-15(22)11-24-16(23)10-8-13-5-3-2-4-6-13/h2-7,9H,8,10-11H2,1H3,(H,21,22). The molecule has 0 radical (unpaired) electrons. The number of hydrogen-bond acceptors (Lipinski definition) is 3. The van der Waals surface area contributed by atoms with Crippen molar-refractivity contribution in [3.63, 3.8) is 0 Å². The molecule has 2 aromatic carbocycles. The summed E-state index contributed by atoms with van der Waals surface area (Å²) >= 11 is 12.1. The fourth-order valence-electron chi connectivity index (χ4n) is 2.06. The van der Waals surface area contributed by atoms with Gasteiger partial charge in [-0.1, -0.05) is 59.6 Å². The summed E-state index contributed by atoms with van der Waals surface area (Å²) in [4.78, 5) is 23.6. The number of halogens is 2. The first-order valence-corrected chi connectivity index (χ1v) is 8.17. The second-order valence-corrected chi connectivity index (χ2v) is 6.03. The Kier molecular flexibility index (Phi) is 6.64. The third kappa shape index (κ3) is 5.25. The van der Waals surface area contributed by atoms with Crippen molar-refractivity contribution < 1.29 is 14.3 Å². The number of rotatable bonds is 6. The molecule has 0 bridgehead atoms. The monoisotopic (exact) mass is 365 g/mol. The summed E-state index contributed by atoms with van der Waals surface area (Å²) in [6, 6.07) is 13.0. The molecule has 0 saturated carbocycles. The van der Waals surface area contributed by atoms with E-state index in [2.05, 4.69) is 5.32 Å². The highest BCUT2D eigenvalue weighted by molar-refractivity contribution is 6.40. The number of ether oxygens (including phenoxy) is 1. The van der Waals surface area contributed by atoms with Crippen molar-refractivity contribution in [3.05, 3.63) is 63.6 Å². The first kappa shape index (κ1) is 18.3. The van der Waals surface area contributed by atoms with Gasteiger partial charge in [0.25, 0.3) is 5.91 Å². The molecular formula is C18H17Cl2NO3. The van der Waals surface area contributed by atoms with Crippen LogP contribution in [0.4, 0.5) is 5.69 Å². The zero-order valence-electron chi connectivity index (χ0n) is 13.1. The van der Waals surface area contributed by atoms with Gasteiger partial charge in [-0.25, -0.2) is 0 Å². The summed E-state index contributed by atoms with van der Waals surface area (Å²) in [5, 5.41) is 3.26. The largest absolute Gasteiger partial charge is 0.456 e. The molecule has 0 spiro atoms. The average Bonchev–Trinajstić information content (AvgIpc) is 2.59. The minimum absolute atomic E-state index is 0.212. The van der Waals surface area contributed by atoms with Gasteiger partial charge in [0.1, 0.15) is 0 Å². The van der Waals surface area contributed by atoms with Crippen molar-refractivity contribution in [3.8, 4) is 0 Å². The van der Waals surface area contributed by atoms with E-state index in [9.17, 15) is 9.59 Å². The summed E-state index contributed by atoms with van der Waals surface area (Å²) in [6.07, 6.45) is 0.778. The molecule has 0 aromatic heterocycles. The maximum atomic E-state index is 11.9. The molecule has 0 fully saturated rings. The number of nitrogens with one attached hydrogen (secondary N) is 1. The number of carbonyl (C=O) groups is 2. The van der Waals surface area contributed by atoms with Gasteiger partial charge in [-0.15, -0.1) is 0 Å². The summed E-state index contributed by atoms with van der Waals surface area (Å²) < 4.78 is 4.97. The molecule has 0 saturated heterocycles. The number of hydrogen-bond donors (Lipinski definition) is 1. The summed E-state index contributed by atoms with van der Waals surface area (Å²) in [6.45, 7) is 1.42. The lowest BCUT2D eigenvalue weighted by molar-refractivity contribution is -0.147. The molecule has 126 valence electrons. The average molecular weight is 366 g/mol. The van der Waals surface area contributed by atoms with E-state index in [0.717, 1.165) is 11.1 Å². The highest BCUT2D eigenvalue weighted by atomic mass is 35.5. The van der Waals surface area contributed by atoms with Crippen LogP contribution in [0.3, 0.4) is 0 Å². The minimum atomic E-state index is -0.488. The lowest BCUT2D eigenvalue weighted by atomic mass is 10.1. The Morgan fingerprint density at radius 1 is 1.08 bits per heavy atom. The third-order valence-corrected chi connectivity index (χ3v) is 4.18. The number of aryl methyl sites for hydroxylation is 2. The highest BCUT2D eigenvalue weighted by Crippen LogP contribution is 2.32. The Hall–Kier alpha value is -2.04. The van der Waals surface area contributed by atoms with Crippen molar-refractivity contribution in [2.24, 2.45) is 0 Å². The van der Waals surface area contributed by atoms with Crippen LogP contribution in [0.1, 0.15) is 17.5 Å². The fourth-order valence-corrected chi connectivity index (χ4v) is 2.52. The highest BCUT2D eigenvalue weighted by Gasteiger charge is 2.13. The lowest BCUT2D eigenvalue weighted by Gasteiger charge is -2.11. The van der Waals surface area contributed by atoms with Crippen LogP contribution in [-0.4, -0.2) is 18.5 Å². The first-order chi connectivity index (χ1) is 11.5. The van der Waals surface area contributed by atoms with Crippen LogP contribution < -0.4 is 5.32 Å². The molecule has 0 unspecified atom stereocenters. The molecule has 0 aliphatic heterocycles. The van der Waals surface area contributed by atoms with Gasteiger partial charge in [0.2, 0.25) is 0 Å². The van der Waals surface area contributed by atoms with Crippen LogP contribution in [0, 0.1) is 6.92 Å². The number of amides is 1. The predicted molar refractivity (Wildman–Crippen MR) is 95.6 cm³/mol. The third-order valence-electron chi connectivity index (χ3n) is 3.37. The van der Waals surface area contributed by atoms with Crippen LogP contribution in [0.25, 0.3) is 0 Å². The van der Waals surface area contributed by atoms with Gasteiger partial charge in [0.15, 0.2) is 6.61 Å². The van der Waals surface area contributed by atoms with Crippen LogP contribution >= 0.6 is 23.2 Å². The molecule has 1 N–H and O–H groups in total. The van der Waals surface area contributed by atoms with E-state index in [4.69, 9.17) is 27.9 Å². The Morgan fingerprint density at radius 2 is 1.79 bits per heavy atom. The van der Waals surface area contributed by atoms with Crippen LogP contribution in [0.15, 0.2) is 42.5 Å². The topological polar surface area (TPSA) is 55.4 Å². The molecule has 1 amide bonds. The lowest BCUT2D eigenvalue weighted by Crippen LogP contribution is -2.21. The van der Waals surface area contributed by atoms with Crippen LogP contribution in [0.2, 0.25) is 10.0 Å². The summed E-state index contributed by atoms with van der Waals surface area (Å²) in [5.41, 5.74) is 2.15. The van der Waals surface area contributed by atoms with E-state index in [1.54, 1.807) is 19.1 Å². The van der Waals surface area contributed by atoms with Crippen LogP contribution in [0.5, 0.6) is 0 Å². The summed E-state index contributed by atoms with van der Waals surface area (Å²) in [5.74, 6) is -0.923. The summed E-state index contributed by atoms with van der Waals surface area (Å²) in [7, 11) is 0. The zero-order chi connectivity index (χ0) is 17.5. The number of anilines is 1. The van der Waals surface area contributed by atoms with Crippen molar-refractivity contribution in [1.29, 1.82) is 0 Å². The zero-order valence-corrected chi connectivity index (χ0v) is 14.7. The van der Waals surface area contributed by atoms with Gasteiger partial charge in [-0.05, 0) is 30.5 Å². The molecule has 0 aliphatic rings. The Balaban J connectivity index is 1.81. The van der Waals surface area contributed by atoms with Crippen molar-refractivity contribution in [1.82, 2.24) is 0 Å². The number of benzene rings is 2. The van der Waals surface area contributed by atoms with Crippen molar-refractivity contribution in [2.45, 2.75) is 19.8 Å². The maximum absolute atomic E-state index is 11.9. The molecule has 6 heteroatoms. The van der Waals surface area contributed by atoms with Gasteiger partial charge in [-0.2, -0.15) is 0 Å². The van der Waals surface area contributed by atoms with E-state index >= 15 is 0 Å². The van der Waals surface area contributed by atoms with Gasteiger partial charge in [0.05, 0.1) is 15.7 Å². The van der Waals surface area contributed by atoms with E-state index in [1.807, 2.05) is 30.3 Å². The van der Waals surface area contributed by atoms with E-state index in [1.165, 1.54) is 0 Å². The Bertz CT molecular complexity index is 733. The van der Waals surface area contributed by atoms with Gasteiger partial charge in [-0.3, -0.25) is 9.59 Å². The van der Waals surface area contributed by atoms with E-state index < -0.39 is 11.9 Å². The van der Waals surface area contributed by atoms with Gasteiger partial charge < -0.3 is 10.1 Å². The first-order valence-electron chi connectivity index (χ1n) is 7.41. The van der Waals surface area contributed by atoms with E-state index in [0.29, 0.717) is 22.2 Å².